The lowest BCUT2D eigenvalue weighted by atomic mass is 10.1. The van der Waals surface area contributed by atoms with E-state index in [9.17, 15) is 9.90 Å². The van der Waals surface area contributed by atoms with Gasteiger partial charge in [0.2, 0.25) is 0 Å². The lowest BCUT2D eigenvalue weighted by Crippen LogP contribution is -3.13. The molecule has 0 bridgehead atoms. The van der Waals surface area contributed by atoms with Crippen LogP contribution in [0.3, 0.4) is 0 Å². The smallest absolute Gasteiger partial charge is 0.137 e. The van der Waals surface area contributed by atoms with Gasteiger partial charge in [-0.15, -0.1) is 0 Å². The summed E-state index contributed by atoms with van der Waals surface area (Å²) in [5.74, 6) is 0.466. The van der Waals surface area contributed by atoms with Crippen LogP contribution in [0.2, 0.25) is 0 Å². The van der Waals surface area contributed by atoms with Gasteiger partial charge in [0.25, 0.3) is 0 Å². The largest absolute Gasteiger partial charge is 0.545 e. The van der Waals surface area contributed by atoms with E-state index in [0.717, 1.165) is 19.6 Å². The van der Waals surface area contributed by atoms with Crippen molar-refractivity contribution in [2.45, 2.75) is 27.7 Å². The number of aromatic carboxylic acids is 1. The summed E-state index contributed by atoms with van der Waals surface area (Å²) in [6, 6.07) is 6.63. The zero-order valence-corrected chi connectivity index (χ0v) is 13.5. The van der Waals surface area contributed by atoms with Gasteiger partial charge in [-0.2, -0.15) is 0 Å². The molecule has 4 heteroatoms. The maximum Gasteiger partial charge on any atom is 0.137 e. The van der Waals surface area contributed by atoms with Crippen LogP contribution in [-0.4, -0.2) is 32.2 Å². The first-order chi connectivity index (χ1) is 9.90. The number of para-hydroxylation sites is 1. The van der Waals surface area contributed by atoms with E-state index in [0.29, 0.717) is 24.2 Å². The fraction of sp³-hybridized carbons (Fsp3) is 0.588. The van der Waals surface area contributed by atoms with Gasteiger partial charge in [0.15, 0.2) is 0 Å². The molecule has 1 aromatic carbocycles. The normalized spacial score (nSPS) is 11.4. The fourth-order valence-corrected chi connectivity index (χ4v) is 2.51. The van der Waals surface area contributed by atoms with Gasteiger partial charge in [0, 0.05) is 17.4 Å². The summed E-state index contributed by atoms with van der Waals surface area (Å²) in [4.78, 5) is 12.5. The van der Waals surface area contributed by atoms with Gasteiger partial charge >= 0.3 is 0 Å². The summed E-state index contributed by atoms with van der Waals surface area (Å²) >= 11 is 0. The summed E-state index contributed by atoms with van der Waals surface area (Å²) in [5.41, 5.74) is 0.117. The summed E-state index contributed by atoms with van der Waals surface area (Å²) in [5, 5.41) is 11.0. The van der Waals surface area contributed by atoms with E-state index < -0.39 is 5.97 Å². The molecule has 1 aromatic rings. The summed E-state index contributed by atoms with van der Waals surface area (Å²) in [7, 11) is 0. The fourth-order valence-electron chi connectivity index (χ4n) is 2.51. The van der Waals surface area contributed by atoms with Crippen molar-refractivity contribution in [2.24, 2.45) is 11.8 Å². The van der Waals surface area contributed by atoms with Crippen LogP contribution in [0, 0.1) is 11.8 Å². The van der Waals surface area contributed by atoms with Gasteiger partial charge in [0.05, 0.1) is 19.1 Å². The predicted molar refractivity (Wildman–Crippen MR) is 81.5 cm³/mol. The predicted octanol–water partition coefficient (Wildman–Crippen LogP) is 0.626. The van der Waals surface area contributed by atoms with Crippen molar-refractivity contribution < 1.29 is 19.5 Å². The minimum Gasteiger partial charge on any atom is -0.545 e. The Bertz CT molecular complexity index is 433. The van der Waals surface area contributed by atoms with Crippen molar-refractivity contribution in [1.82, 2.24) is 0 Å². The minimum atomic E-state index is -1.20. The molecular weight excluding hydrogens is 266 g/mol. The molecule has 1 rings (SSSR count). The van der Waals surface area contributed by atoms with E-state index in [-0.39, 0.29) is 5.56 Å². The van der Waals surface area contributed by atoms with Gasteiger partial charge in [-0.05, 0) is 12.1 Å². The summed E-state index contributed by atoms with van der Waals surface area (Å²) < 4.78 is 5.65. The van der Waals surface area contributed by atoms with Crippen LogP contribution in [0.5, 0.6) is 5.75 Å². The Balaban J connectivity index is 2.55. The quantitative estimate of drug-likeness (QED) is 0.726. The monoisotopic (exact) mass is 293 g/mol. The Labute approximate surface area is 127 Å². The van der Waals surface area contributed by atoms with Crippen molar-refractivity contribution in [2.75, 3.05) is 26.2 Å². The summed E-state index contributed by atoms with van der Waals surface area (Å²) in [6.45, 7) is 12.4. The number of ether oxygens (including phenoxy) is 1. The molecule has 4 nitrogen and oxygen atoms in total. The average Bonchev–Trinajstić information content (AvgIpc) is 2.37. The highest BCUT2D eigenvalue weighted by molar-refractivity contribution is 5.89. The first-order valence-electron chi connectivity index (χ1n) is 7.66. The Morgan fingerprint density at radius 3 is 2.24 bits per heavy atom. The molecule has 0 fully saturated rings. The topological polar surface area (TPSA) is 53.8 Å². The highest BCUT2D eigenvalue weighted by atomic mass is 16.5. The van der Waals surface area contributed by atoms with Crippen molar-refractivity contribution in [3.63, 3.8) is 0 Å². The number of hydrogen-bond acceptors (Lipinski definition) is 3. The standard InChI is InChI=1S/C17H27NO3/c1-13(2)11-18(12-14(3)4)9-10-21-16-8-6-5-7-15(16)17(19)20/h5-8,13-14H,9-12H2,1-4H3,(H,19,20). The molecule has 0 aromatic heterocycles. The van der Waals surface area contributed by atoms with E-state index in [2.05, 4.69) is 27.7 Å². The first-order valence-corrected chi connectivity index (χ1v) is 7.66. The number of hydrogen-bond donors (Lipinski definition) is 1. The van der Waals surface area contributed by atoms with Crippen LogP contribution in [0.4, 0.5) is 0 Å². The van der Waals surface area contributed by atoms with Crippen molar-refractivity contribution in [3.05, 3.63) is 29.8 Å². The Hall–Kier alpha value is -1.55. The molecule has 0 spiro atoms. The molecule has 0 amide bonds. The van der Waals surface area contributed by atoms with Gasteiger partial charge in [-0.25, -0.2) is 0 Å². The molecule has 0 heterocycles. The lowest BCUT2D eigenvalue weighted by molar-refractivity contribution is -0.906. The molecular formula is C17H27NO3. The van der Waals surface area contributed by atoms with Gasteiger partial charge in [-0.3, -0.25) is 0 Å². The molecule has 0 unspecified atom stereocenters. The third-order valence-corrected chi connectivity index (χ3v) is 3.21. The zero-order chi connectivity index (χ0) is 15.8. The summed E-state index contributed by atoms with van der Waals surface area (Å²) in [6.07, 6.45) is 0. The highest BCUT2D eigenvalue weighted by Crippen LogP contribution is 2.16. The maximum absolute atomic E-state index is 11.0. The van der Waals surface area contributed by atoms with E-state index in [1.54, 1.807) is 18.2 Å². The van der Waals surface area contributed by atoms with Crippen molar-refractivity contribution >= 4 is 5.97 Å². The van der Waals surface area contributed by atoms with Gasteiger partial charge in [-0.1, -0.05) is 39.8 Å². The highest BCUT2D eigenvalue weighted by Gasteiger charge is 2.13. The number of carbonyl (C=O) groups is 1. The third kappa shape index (κ3) is 6.63. The first kappa shape index (κ1) is 17.5. The van der Waals surface area contributed by atoms with Gasteiger partial charge in [0.1, 0.15) is 18.9 Å². The van der Waals surface area contributed by atoms with E-state index in [1.807, 2.05) is 0 Å². The zero-order valence-electron chi connectivity index (χ0n) is 13.5. The van der Waals surface area contributed by atoms with Crippen molar-refractivity contribution in [3.8, 4) is 5.75 Å². The number of nitrogens with one attached hydrogen (secondary N) is 1. The minimum absolute atomic E-state index is 0.117. The second-order valence-corrected chi connectivity index (χ2v) is 6.33. The molecule has 0 saturated heterocycles. The number of carbonyl (C=O) groups excluding carboxylic acids is 1. The number of benzene rings is 1. The van der Waals surface area contributed by atoms with Crippen LogP contribution >= 0.6 is 0 Å². The van der Waals surface area contributed by atoms with Gasteiger partial charge < -0.3 is 19.5 Å². The van der Waals surface area contributed by atoms with E-state index in [4.69, 9.17) is 4.74 Å². The number of quaternary nitrogens is 1. The molecule has 118 valence electrons. The lowest BCUT2D eigenvalue weighted by Gasteiger charge is -2.23. The SMILES string of the molecule is CC(C)C[NH+](CCOc1ccccc1C(=O)[O-])CC(C)C. The van der Waals surface area contributed by atoms with Crippen LogP contribution in [0.15, 0.2) is 24.3 Å². The molecule has 0 atom stereocenters. The second-order valence-electron chi connectivity index (χ2n) is 6.33. The van der Waals surface area contributed by atoms with Crippen LogP contribution in [0.1, 0.15) is 38.1 Å². The number of rotatable bonds is 9. The Kier molecular flexibility index (Phi) is 7.23. The molecule has 0 aliphatic heterocycles. The van der Waals surface area contributed by atoms with E-state index >= 15 is 0 Å². The number of carboxylic acid groups (broad SMARTS) is 1. The van der Waals surface area contributed by atoms with E-state index in [1.165, 1.54) is 11.0 Å². The molecule has 0 aliphatic rings. The molecule has 0 saturated carbocycles. The van der Waals surface area contributed by atoms with Crippen LogP contribution < -0.4 is 14.7 Å². The third-order valence-electron chi connectivity index (χ3n) is 3.21. The molecule has 21 heavy (non-hydrogen) atoms. The Morgan fingerprint density at radius 1 is 1.14 bits per heavy atom. The Morgan fingerprint density at radius 2 is 1.71 bits per heavy atom. The maximum atomic E-state index is 11.0. The second kappa shape index (κ2) is 8.67. The average molecular weight is 293 g/mol. The molecule has 0 aliphatic carbocycles. The molecule has 0 radical (unpaired) electrons. The van der Waals surface area contributed by atoms with Crippen LogP contribution in [-0.2, 0) is 0 Å². The van der Waals surface area contributed by atoms with Crippen molar-refractivity contribution in [1.29, 1.82) is 0 Å². The number of carboxylic acids is 1. The molecule has 1 N–H and O–H groups in total. The van der Waals surface area contributed by atoms with Crippen LogP contribution in [0.25, 0.3) is 0 Å².